The van der Waals surface area contributed by atoms with Crippen LogP contribution in [0.25, 0.3) is 0 Å². The lowest BCUT2D eigenvalue weighted by molar-refractivity contribution is -0.121. The topological polar surface area (TPSA) is 90.3 Å². The SMILES string of the molecule is Cc1ccc(C(C#N)NC(=O)CCN2C(=O)c3ccccc3C2=O)cc1. The lowest BCUT2D eigenvalue weighted by Gasteiger charge is -2.15. The first kappa shape index (κ1) is 17.4. The lowest BCUT2D eigenvalue weighted by Crippen LogP contribution is -2.35. The largest absolute Gasteiger partial charge is 0.337 e. The number of hydrogen-bond acceptors (Lipinski definition) is 4. The quantitative estimate of drug-likeness (QED) is 0.841. The number of hydrogen-bond donors (Lipinski definition) is 1. The molecule has 0 aliphatic carbocycles. The average molecular weight is 347 g/mol. The molecular formula is C20H17N3O3. The molecule has 6 nitrogen and oxygen atoms in total. The number of nitrogens with one attached hydrogen (secondary N) is 1. The Morgan fingerprint density at radius 2 is 1.65 bits per heavy atom. The summed E-state index contributed by atoms with van der Waals surface area (Å²) in [6.45, 7) is 1.91. The first-order valence-corrected chi connectivity index (χ1v) is 8.22. The second-order valence-corrected chi connectivity index (χ2v) is 6.10. The molecule has 1 N–H and O–H groups in total. The van der Waals surface area contributed by atoms with Crippen LogP contribution in [0.2, 0.25) is 0 Å². The zero-order chi connectivity index (χ0) is 18.7. The molecule has 1 aliphatic rings. The third-order valence-electron chi connectivity index (χ3n) is 4.29. The third-order valence-corrected chi connectivity index (χ3v) is 4.29. The summed E-state index contributed by atoms with van der Waals surface area (Å²) in [4.78, 5) is 37.8. The van der Waals surface area contributed by atoms with Crippen LogP contribution in [0.5, 0.6) is 0 Å². The van der Waals surface area contributed by atoms with Crippen molar-refractivity contribution in [2.45, 2.75) is 19.4 Å². The van der Waals surface area contributed by atoms with Gasteiger partial charge in [-0.25, -0.2) is 0 Å². The maximum atomic E-state index is 12.3. The van der Waals surface area contributed by atoms with Crippen LogP contribution in [-0.2, 0) is 4.79 Å². The molecule has 2 aromatic carbocycles. The van der Waals surface area contributed by atoms with E-state index in [1.807, 2.05) is 25.1 Å². The van der Waals surface area contributed by atoms with Crippen molar-refractivity contribution in [2.24, 2.45) is 0 Å². The van der Waals surface area contributed by atoms with Crippen molar-refractivity contribution >= 4 is 17.7 Å². The third kappa shape index (κ3) is 3.33. The minimum atomic E-state index is -0.773. The van der Waals surface area contributed by atoms with Gasteiger partial charge < -0.3 is 5.32 Å². The number of aryl methyl sites for hydroxylation is 1. The van der Waals surface area contributed by atoms with Gasteiger partial charge in [0.15, 0.2) is 0 Å². The van der Waals surface area contributed by atoms with E-state index in [1.165, 1.54) is 0 Å². The van der Waals surface area contributed by atoms with Gasteiger partial charge in [0.1, 0.15) is 6.04 Å². The van der Waals surface area contributed by atoms with Crippen molar-refractivity contribution in [1.82, 2.24) is 10.2 Å². The van der Waals surface area contributed by atoms with E-state index < -0.39 is 23.8 Å². The molecule has 0 radical (unpaired) electrons. The number of nitriles is 1. The summed E-state index contributed by atoms with van der Waals surface area (Å²) in [6.07, 6.45) is -0.0600. The normalized spacial score (nSPS) is 13.9. The Hall–Kier alpha value is -3.46. The predicted octanol–water partition coefficient (Wildman–Crippen LogP) is 2.36. The molecule has 0 spiro atoms. The van der Waals surface area contributed by atoms with Crippen LogP contribution in [0.1, 0.15) is 44.3 Å². The van der Waals surface area contributed by atoms with E-state index in [4.69, 9.17) is 0 Å². The number of fused-ring (bicyclic) bond motifs is 1. The standard InChI is InChI=1S/C20H17N3O3/c1-13-6-8-14(9-7-13)17(12-21)22-18(24)10-11-23-19(25)15-4-2-3-5-16(15)20(23)26/h2-9,17H,10-11H2,1H3,(H,22,24). The van der Waals surface area contributed by atoms with Gasteiger partial charge >= 0.3 is 0 Å². The van der Waals surface area contributed by atoms with E-state index in [0.717, 1.165) is 10.5 Å². The Balaban J connectivity index is 1.61. The Labute approximate surface area is 151 Å². The van der Waals surface area contributed by atoms with Gasteiger partial charge in [0.05, 0.1) is 17.2 Å². The van der Waals surface area contributed by atoms with Crippen LogP contribution < -0.4 is 5.32 Å². The maximum absolute atomic E-state index is 12.3. The Bertz CT molecular complexity index is 878. The van der Waals surface area contributed by atoms with Crippen LogP contribution in [0.4, 0.5) is 0 Å². The van der Waals surface area contributed by atoms with Crippen molar-refractivity contribution in [1.29, 1.82) is 5.26 Å². The molecular weight excluding hydrogens is 330 g/mol. The van der Waals surface area contributed by atoms with Crippen molar-refractivity contribution in [3.8, 4) is 6.07 Å². The molecule has 130 valence electrons. The van der Waals surface area contributed by atoms with Crippen LogP contribution in [0.15, 0.2) is 48.5 Å². The highest BCUT2D eigenvalue weighted by atomic mass is 16.2. The fourth-order valence-electron chi connectivity index (χ4n) is 2.84. The molecule has 1 atom stereocenters. The fourth-order valence-corrected chi connectivity index (χ4v) is 2.84. The van der Waals surface area contributed by atoms with Crippen LogP contribution in [0, 0.1) is 18.3 Å². The maximum Gasteiger partial charge on any atom is 0.261 e. The first-order valence-electron chi connectivity index (χ1n) is 8.22. The first-order chi connectivity index (χ1) is 12.5. The molecule has 0 saturated carbocycles. The smallest absolute Gasteiger partial charge is 0.261 e. The molecule has 6 heteroatoms. The minimum absolute atomic E-state index is 0.0236. The predicted molar refractivity (Wildman–Crippen MR) is 94.1 cm³/mol. The molecule has 1 aliphatic heterocycles. The van der Waals surface area contributed by atoms with E-state index in [-0.39, 0.29) is 13.0 Å². The number of imide groups is 1. The van der Waals surface area contributed by atoms with Crippen molar-refractivity contribution in [3.05, 3.63) is 70.8 Å². The molecule has 0 aromatic heterocycles. The van der Waals surface area contributed by atoms with E-state index in [1.54, 1.807) is 36.4 Å². The molecule has 1 heterocycles. The molecule has 0 saturated heterocycles. The van der Waals surface area contributed by atoms with Gasteiger partial charge in [0.2, 0.25) is 5.91 Å². The minimum Gasteiger partial charge on any atom is -0.337 e. The second-order valence-electron chi connectivity index (χ2n) is 6.10. The van der Waals surface area contributed by atoms with E-state index in [0.29, 0.717) is 16.7 Å². The summed E-state index contributed by atoms with van der Waals surface area (Å²) in [5.74, 6) is -1.18. The van der Waals surface area contributed by atoms with Gasteiger partial charge in [-0.15, -0.1) is 0 Å². The van der Waals surface area contributed by atoms with Crippen LogP contribution in [-0.4, -0.2) is 29.2 Å². The van der Waals surface area contributed by atoms with Crippen molar-refractivity contribution in [2.75, 3.05) is 6.54 Å². The van der Waals surface area contributed by atoms with Gasteiger partial charge in [-0.3, -0.25) is 19.3 Å². The number of carbonyl (C=O) groups is 3. The van der Waals surface area contributed by atoms with Gasteiger partial charge in [-0.1, -0.05) is 42.0 Å². The zero-order valence-electron chi connectivity index (χ0n) is 14.2. The molecule has 1 unspecified atom stereocenters. The lowest BCUT2D eigenvalue weighted by atomic mass is 10.1. The highest BCUT2D eigenvalue weighted by Crippen LogP contribution is 2.22. The molecule has 2 aromatic rings. The van der Waals surface area contributed by atoms with E-state index in [9.17, 15) is 19.6 Å². The highest BCUT2D eigenvalue weighted by Gasteiger charge is 2.35. The number of amides is 3. The highest BCUT2D eigenvalue weighted by molar-refractivity contribution is 6.21. The number of benzene rings is 2. The molecule has 3 amide bonds. The summed E-state index contributed by atoms with van der Waals surface area (Å²) >= 11 is 0. The molecule has 26 heavy (non-hydrogen) atoms. The van der Waals surface area contributed by atoms with Crippen LogP contribution in [0.3, 0.4) is 0 Å². The van der Waals surface area contributed by atoms with Gasteiger partial charge in [-0.05, 0) is 24.6 Å². The van der Waals surface area contributed by atoms with Crippen molar-refractivity contribution in [3.63, 3.8) is 0 Å². The fraction of sp³-hybridized carbons (Fsp3) is 0.200. The molecule has 0 bridgehead atoms. The van der Waals surface area contributed by atoms with Gasteiger partial charge in [0.25, 0.3) is 11.8 Å². The molecule has 3 rings (SSSR count). The van der Waals surface area contributed by atoms with Gasteiger partial charge in [0, 0.05) is 13.0 Å². The summed E-state index contributed by atoms with van der Waals surface area (Å²) in [7, 11) is 0. The van der Waals surface area contributed by atoms with E-state index in [2.05, 4.69) is 5.32 Å². The summed E-state index contributed by atoms with van der Waals surface area (Å²) in [5.41, 5.74) is 2.45. The zero-order valence-corrected chi connectivity index (χ0v) is 14.2. The monoisotopic (exact) mass is 347 g/mol. The Kier molecular flexibility index (Phi) is 4.81. The van der Waals surface area contributed by atoms with Gasteiger partial charge in [-0.2, -0.15) is 5.26 Å². The van der Waals surface area contributed by atoms with Crippen molar-refractivity contribution < 1.29 is 14.4 Å². The Morgan fingerprint density at radius 1 is 1.08 bits per heavy atom. The summed E-state index contributed by atoms with van der Waals surface area (Å²) in [6, 6.07) is 15.2. The number of rotatable bonds is 5. The van der Waals surface area contributed by atoms with E-state index >= 15 is 0 Å². The second kappa shape index (κ2) is 7.19. The molecule has 0 fully saturated rings. The Morgan fingerprint density at radius 3 is 2.19 bits per heavy atom. The number of carbonyl (C=O) groups excluding carboxylic acids is 3. The summed E-state index contributed by atoms with van der Waals surface area (Å²) in [5, 5.41) is 11.9. The summed E-state index contributed by atoms with van der Waals surface area (Å²) < 4.78 is 0. The van der Waals surface area contributed by atoms with Crippen LogP contribution >= 0.6 is 0 Å². The number of nitrogens with zero attached hydrogens (tertiary/aromatic N) is 2. The average Bonchev–Trinajstić information content (AvgIpc) is 2.90.